The molecule has 6 atom stereocenters. The van der Waals surface area contributed by atoms with E-state index in [0.717, 1.165) is 23.3 Å². The van der Waals surface area contributed by atoms with Crippen LogP contribution < -0.4 is 24.3 Å². The molecule has 4 aliphatic rings. The van der Waals surface area contributed by atoms with Gasteiger partial charge in [-0.3, -0.25) is 14.5 Å². The van der Waals surface area contributed by atoms with Gasteiger partial charge in [0.15, 0.2) is 23.0 Å². The number of aliphatic hydroxyl groups excluding tert-OH is 1. The Kier molecular flexibility index (Phi) is 8.70. The average molecular weight is 709 g/mol. The Labute approximate surface area is 292 Å². The Bertz CT molecular complexity index is 1960. The Morgan fingerprint density at radius 2 is 1.84 bits per heavy atom. The summed E-state index contributed by atoms with van der Waals surface area (Å²) in [5.41, 5.74) is 3.68. The van der Waals surface area contributed by atoms with Crippen molar-refractivity contribution >= 4 is 18.0 Å². The molecule has 10 nitrogen and oxygen atoms in total. The second kappa shape index (κ2) is 12.8. The van der Waals surface area contributed by atoms with Crippen molar-refractivity contribution in [1.82, 2.24) is 10.2 Å². The number of amides is 1. The summed E-state index contributed by atoms with van der Waals surface area (Å²) in [6.45, 7) is 4.88. The second-order valence-electron chi connectivity index (χ2n) is 13.8. The summed E-state index contributed by atoms with van der Waals surface area (Å²) in [7, 11) is 3.43. The molecule has 3 aliphatic heterocycles. The van der Waals surface area contributed by atoms with Gasteiger partial charge in [-0.25, -0.2) is 0 Å². The lowest BCUT2D eigenvalue weighted by molar-refractivity contribution is -0.137. The number of carbonyl (C=O) groups excluding carboxylic acids is 2. The number of benzene rings is 3. The van der Waals surface area contributed by atoms with Gasteiger partial charge in [0.2, 0.25) is 12.7 Å². The van der Waals surface area contributed by atoms with E-state index in [1.54, 1.807) is 6.92 Å². The van der Waals surface area contributed by atoms with Crippen LogP contribution in [-0.4, -0.2) is 66.6 Å². The molecular formula is C38H39F3N2O8. The van der Waals surface area contributed by atoms with Gasteiger partial charge in [-0.1, -0.05) is 18.2 Å². The molecule has 1 amide bonds. The number of halogens is 3. The zero-order chi connectivity index (χ0) is 36.5. The van der Waals surface area contributed by atoms with Crippen molar-refractivity contribution in [2.75, 3.05) is 27.5 Å². The molecule has 0 aromatic heterocycles. The summed E-state index contributed by atoms with van der Waals surface area (Å²) in [5, 5.41) is 26.8. The van der Waals surface area contributed by atoms with E-state index in [4.69, 9.17) is 18.9 Å². The topological polar surface area (TPSA) is 127 Å². The van der Waals surface area contributed by atoms with Crippen LogP contribution in [0.15, 0.2) is 36.4 Å². The molecule has 13 heteroatoms. The van der Waals surface area contributed by atoms with Crippen molar-refractivity contribution in [1.29, 1.82) is 0 Å². The van der Waals surface area contributed by atoms with E-state index in [1.165, 1.54) is 38.3 Å². The molecule has 3 aromatic carbocycles. The number of fused-ring (bicyclic) bond motifs is 9. The third-order valence-corrected chi connectivity index (χ3v) is 10.9. The zero-order valence-electron chi connectivity index (χ0n) is 28.8. The number of methoxy groups -OCH3 is 1. The highest BCUT2D eigenvalue weighted by Crippen LogP contribution is 2.62. The molecule has 0 saturated carbocycles. The van der Waals surface area contributed by atoms with Gasteiger partial charge in [-0.05, 0) is 74.6 Å². The van der Waals surface area contributed by atoms with Crippen molar-refractivity contribution in [2.45, 2.75) is 63.9 Å². The molecule has 3 heterocycles. The number of ether oxygens (including phenoxy) is 4. The fraction of sp³-hybridized carbons (Fsp3) is 0.421. The third kappa shape index (κ3) is 5.76. The highest BCUT2D eigenvalue weighted by molar-refractivity contribution is 5.91. The van der Waals surface area contributed by atoms with Gasteiger partial charge in [-0.2, -0.15) is 13.2 Å². The first-order valence-electron chi connectivity index (χ1n) is 16.8. The largest absolute Gasteiger partial charge is 0.504 e. The van der Waals surface area contributed by atoms with E-state index < -0.39 is 41.6 Å². The Morgan fingerprint density at radius 3 is 2.55 bits per heavy atom. The lowest BCUT2D eigenvalue weighted by Gasteiger charge is -2.58. The summed E-state index contributed by atoms with van der Waals surface area (Å²) in [6, 6.07) is 5.94. The van der Waals surface area contributed by atoms with Crippen LogP contribution in [0.4, 0.5) is 13.2 Å². The fourth-order valence-electron chi connectivity index (χ4n) is 8.93. The first-order valence-corrected chi connectivity index (χ1v) is 16.8. The molecule has 7 rings (SSSR count). The van der Waals surface area contributed by atoms with Crippen LogP contribution in [0.3, 0.4) is 0 Å². The minimum Gasteiger partial charge on any atom is -0.504 e. The number of aliphatic hydroxyl groups is 1. The van der Waals surface area contributed by atoms with Crippen LogP contribution in [0.2, 0.25) is 0 Å². The average Bonchev–Trinajstić information content (AvgIpc) is 3.57. The number of likely N-dealkylation sites (N-methyl/N-ethyl adjacent to an activating group) is 1. The van der Waals surface area contributed by atoms with E-state index in [0.29, 0.717) is 58.1 Å². The first kappa shape index (κ1) is 34.7. The fourth-order valence-corrected chi connectivity index (χ4v) is 8.93. The maximum absolute atomic E-state index is 13.3. The Balaban J connectivity index is 1.33. The van der Waals surface area contributed by atoms with E-state index in [9.17, 15) is 33.0 Å². The number of esters is 1. The standard InChI is InChI=1S/C38H39F3N2O8/c1-17-11-21-13-26-32(46)29-23(31(43(26)4)28(21)33(47)34(17)48-5)14-24-30(37-36(49-16-50-37)18(2)35(24)51-19(3)44)25(29)15-42-27(45)10-9-20-7-6-8-22(12-20)38(39,40)41/h6-12,23,25-26,29,31-32,46-47H,13-16H2,1-5H3,(H,42,45)/b10-9+/t23-,25?,26?,29?,31?,32+/m1/s1. The van der Waals surface area contributed by atoms with Gasteiger partial charge >= 0.3 is 12.1 Å². The summed E-state index contributed by atoms with van der Waals surface area (Å²) in [5.74, 6) is -0.897. The van der Waals surface area contributed by atoms with E-state index in [-0.39, 0.29) is 42.7 Å². The van der Waals surface area contributed by atoms with Crippen molar-refractivity contribution in [3.05, 3.63) is 80.9 Å². The molecule has 0 spiro atoms. The molecule has 4 unspecified atom stereocenters. The van der Waals surface area contributed by atoms with Gasteiger partial charge in [0.05, 0.1) is 18.8 Å². The van der Waals surface area contributed by atoms with Gasteiger partial charge in [-0.15, -0.1) is 0 Å². The lowest BCUT2D eigenvalue weighted by Crippen LogP contribution is -2.62. The number of nitrogens with one attached hydrogen (secondary N) is 1. The van der Waals surface area contributed by atoms with Crippen molar-refractivity contribution in [2.24, 2.45) is 11.8 Å². The lowest BCUT2D eigenvalue weighted by atomic mass is 9.57. The SMILES string of the molecule is COc1c(C)cc2c(c1O)C1[C@@H]3Cc4c(OC(C)=O)c(C)c5c(c4C(CNC(=O)/C=C/c4cccc(C(F)(F)F)c4)C3[C@@H](O)C(C2)N1C)OCO5. The molecule has 1 aliphatic carbocycles. The number of aryl methyl sites for hydroxylation is 1. The number of nitrogens with zero attached hydrogens (tertiary/aromatic N) is 1. The number of rotatable bonds is 6. The van der Waals surface area contributed by atoms with Crippen LogP contribution in [0.5, 0.6) is 28.7 Å². The molecule has 270 valence electrons. The zero-order valence-corrected chi connectivity index (χ0v) is 28.8. The predicted molar refractivity (Wildman–Crippen MR) is 179 cm³/mol. The van der Waals surface area contributed by atoms with Crippen LogP contribution in [-0.2, 0) is 28.6 Å². The molecule has 3 N–H and O–H groups in total. The van der Waals surface area contributed by atoms with E-state index in [2.05, 4.69) is 10.2 Å². The highest BCUT2D eigenvalue weighted by atomic mass is 19.4. The molecular weight excluding hydrogens is 669 g/mol. The van der Waals surface area contributed by atoms with Gasteiger partial charge in [0, 0.05) is 65.7 Å². The highest BCUT2D eigenvalue weighted by Gasteiger charge is 2.57. The smallest absolute Gasteiger partial charge is 0.416 e. The molecule has 2 bridgehead atoms. The molecule has 1 saturated heterocycles. The maximum atomic E-state index is 13.3. The molecule has 0 radical (unpaired) electrons. The quantitative estimate of drug-likeness (QED) is 0.176. The minimum absolute atomic E-state index is 0.00851. The summed E-state index contributed by atoms with van der Waals surface area (Å²) < 4.78 is 63.2. The van der Waals surface area contributed by atoms with Crippen molar-refractivity contribution in [3.8, 4) is 28.7 Å². The summed E-state index contributed by atoms with van der Waals surface area (Å²) in [4.78, 5) is 27.8. The summed E-state index contributed by atoms with van der Waals surface area (Å²) in [6.07, 6.45) is -2.14. The third-order valence-electron chi connectivity index (χ3n) is 10.9. The number of phenols is 1. The number of hydrogen-bond donors (Lipinski definition) is 3. The summed E-state index contributed by atoms with van der Waals surface area (Å²) >= 11 is 0. The number of carbonyl (C=O) groups is 2. The second-order valence-corrected chi connectivity index (χ2v) is 13.8. The van der Waals surface area contributed by atoms with Crippen LogP contribution in [0.1, 0.15) is 63.4 Å². The minimum atomic E-state index is -4.53. The number of alkyl halides is 3. The Morgan fingerprint density at radius 1 is 1.10 bits per heavy atom. The van der Waals surface area contributed by atoms with Gasteiger partial charge in [0.25, 0.3) is 0 Å². The van der Waals surface area contributed by atoms with Crippen LogP contribution in [0.25, 0.3) is 6.08 Å². The van der Waals surface area contributed by atoms with Gasteiger partial charge < -0.3 is 34.5 Å². The van der Waals surface area contributed by atoms with Crippen molar-refractivity contribution in [3.63, 3.8) is 0 Å². The molecule has 3 aromatic rings. The van der Waals surface area contributed by atoms with Crippen molar-refractivity contribution < 1.29 is 51.9 Å². The monoisotopic (exact) mass is 708 g/mol. The number of piperidine rings is 1. The first-order chi connectivity index (χ1) is 24.2. The normalized spacial score (nSPS) is 24.8. The van der Waals surface area contributed by atoms with Crippen LogP contribution in [0, 0.1) is 25.7 Å². The van der Waals surface area contributed by atoms with E-state index in [1.807, 2.05) is 20.0 Å². The molecule has 51 heavy (non-hydrogen) atoms. The predicted octanol–water partition coefficient (Wildman–Crippen LogP) is 5.36. The number of phenolic OH excluding ortho intramolecular Hbond substituents is 1. The van der Waals surface area contributed by atoms with Gasteiger partial charge in [0.1, 0.15) is 5.75 Å². The maximum Gasteiger partial charge on any atom is 0.416 e. The molecule has 1 fully saturated rings. The number of aromatic hydroxyl groups is 1. The Hall–Kier alpha value is -4.75. The van der Waals surface area contributed by atoms with Crippen LogP contribution >= 0.6 is 0 Å². The van der Waals surface area contributed by atoms with E-state index >= 15 is 0 Å². The number of hydrogen-bond acceptors (Lipinski definition) is 9.